The van der Waals surface area contributed by atoms with Crippen molar-refractivity contribution >= 4 is 29.7 Å². The first-order valence-corrected chi connectivity index (χ1v) is 8.16. The minimum atomic E-state index is -1.28. The maximum absolute atomic E-state index is 11.9. The molecule has 0 bridgehead atoms. The number of esters is 1. The number of methoxy groups -OCH3 is 1. The van der Waals surface area contributed by atoms with Gasteiger partial charge >= 0.3 is 18.0 Å². The molecule has 0 heterocycles. The molecular formula is C13H22N2O5S. The number of thioether (sulfide) groups is 1. The molecule has 3 atom stereocenters. The van der Waals surface area contributed by atoms with Gasteiger partial charge in [-0.05, 0) is 19.1 Å². The van der Waals surface area contributed by atoms with Gasteiger partial charge in [-0.15, -0.1) is 0 Å². The predicted molar refractivity (Wildman–Crippen MR) is 79.3 cm³/mol. The van der Waals surface area contributed by atoms with Gasteiger partial charge in [-0.2, -0.15) is 11.8 Å². The molecule has 2 unspecified atom stereocenters. The molecule has 120 valence electrons. The quantitative estimate of drug-likeness (QED) is 0.631. The van der Waals surface area contributed by atoms with Crippen LogP contribution in [0.4, 0.5) is 4.79 Å². The van der Waals surface area contributed by atoms with Crippen molar-refractivity contribution in [2.75, 3.05) is 13.4 Å². The number of carbonyl (C=O) groups is 3. The third kappa shape index (κ3) is 5.82. The third-order valence-corrected chi connectivity index (χ3v) is 4.69. The fourth-order valence-electron chi connectivity index (χ4n) is 2.36. The van der Waals surface area contributed by atoms with Crippen molar-refractivity contribution in [2.45, 2.75) is 49.4 Å². The Balaban J connectivity index is 2.52. The van der Waals surface area contributed by atoms with Crippen LogP contribution in [0.25, 0.3) is 0 Å². The van der Waals surface area contributed by atoms with E-state index in [1.165, 1.54) is 7.11 Å². The van der Waals surface area contributed by atoms with Crippen LogP contribution in [0.2, 0.25) is 0 Å². The van der Waals surface area contributed by atoms with E-state index in [4.69, 9.17) is 5.11 Å². The summed E-state index contributed by atoms with van der Waals surface area (Å²) in [7, 11) is 1.17. The highest BCUT2D eigenvalue weighted by Crippen LogP contribution is 2.27. The molecule has 0 saturated heterocycles. The Morgan fingerprint density at radius 3 is 2.57 bits per heavy atom. The molecule has 1 aliphatic rings. The van der Waals surface area contributed by atoms with Gasteiger partial charge < -0.3 is 20.5 Å². The maximum Gasteiger partial charge on any atom is 0.326 e. The van der Waals surface area contributed by atoms with Crippen LogP contribution in [0.1, 0.15) is 32.1 Å². The predicted octanol–water partition coefficient (Wildman–Crippen LogP) is 0.976. The summed E-state index contributed by atoms with van der Waals surface area (Å²) in [5.41, 5.74) is 0. The number of hydrogen-bond acceptors (Lipinski definition) is 5. The normalized spacial score (nSPS) is 23.0. The number of carboxylic acid groups (broad SMARTS) is 1. The lowest BCUT2D eigenvalue weighted by Gasteiger charge is -2.31. The molecule has 1 fully saturated rings. The molecule has 1 saturated carbocycles. The number of carbonyl (C=O) groups excluding carboxylic acids is 2. The number of carboxylic acids is 1. The SMILES string of the molecule is COC(=O)C[C@H](NC(=O)NC1CCCCC1SC)C(=O)O. The number of urea groups is 1. The zero-order valence-corrected chi connectivity index (χ0v) is 13.1. The van der Waals surface area contributed by atoms with Gasteiger partial charge in [0.15, 0.2) is 0 Å². The van der Waals surface area contributed by atoms with Crippen LogP contribution in [0.15, 0.2) is 0 Å². The molecule has 8 heteroatoms. The number of aliphatic carboxylic acids is 1. The molecule has 1 rings (SSSR count). The van der Waals surface area contributed by atoms with E-state index in [9.17, 15) is 14.4 Å². The minimum absolute atomic E-state index is 0.0290. The molecule has 1 aliphatic carbocycles. The molecule has 0 aromatic heterocycles. The van der Waals surface area contributed by atoms with Crippen LogP contribution in [0.3, 0.4) is 0 Å². The molecule has 7 nitrogen and oxygen atoms in total. The van der Waals surface area contributed by atoms with Crippen LogP contribution < -0.4 is 10.6 Å². The molecule has 0 aromatic rings. The average molecular weight is 318 g/mol. The second-order valence-electron chi connectivity index (χ2n) is 4.95. The standard InChI is InChI=1S/C13H22N2O5S/c1-20-11(16)7-9(12(17)18)15-13(19)14-8-5-3-4-6-10(8)21-2/h8-10H,3-7H2,1-2H3,(H,17,18)(H2,14,15,19)/t8?,9-,10?/m0/s1. The zero-order chi connectivity index (χ0) is 15.8. The lowest BCUT2D eigenvalue weighted by Crippen LogP contribution is -2.52. The monoisotopic (exact) mass is 318 g/mol. The van der Waals surface area contributed by atoms with E-state index in [1.807, 2.05) is 6.26 Å². The number of nitrogens with one attached hydrogen (secondary N) is 2. The molecule has 21 heavy (non-hydrogen) atoms. The van der Waals surface area contributed by atoms with Crippen LogP contribution in [-0.2, 0) is 14.3 Å². The number of hydrogen-bond donors (Lipinski definition) is 3. The summed E-state index contributed by atoms with van der Waals surface area (Å²) in [6.07, 6.45) is 5.72. The number of amides is 2. The highest BCUT2D eigenvalue weighted by atomic mass is 32.2. The zero-order valence-electron chi connectivity index (χ0n) is 12.3. The van der Waals surface area contributed by atoms with Crippen LogP contribution in [0, 0.1) is 0 Å². The van der Waals surface area contributed by atoms with Gasteiger partial charge in [-0.3, -0.25) is 4.79 Å². The lowest BCUT2D eigenvalue weighted by molar-refractivity contribution is -0.147. The largest absolute Gasteiger partial charge is 0.480 e. The Morgan fingerprint density at radius 2 is 2.00 bits per heavy atom. The van der Waals surface area contributed by atoms with Gasteiger partial charge in [0.1, 0.15) is 6.04 Å². The Bertz CT molecular complexity index is 391. The summed E-state index contributed by atoms with van der Waals surface area (Å²) in [5.74, 6) is -1.94. The Morgan fingerprint density at radius 1 is 1.33 bits per heavy atom. The van der Waals surface area contributed by atoms with Crippen molar-refractivity contribution in [1.29, 1.82) is 0 Å². The maximum atomic E-state index is 11.9. The molecule has 0 spiro atoms. The van der Waals surface area contributed by atoms with Crippen molar-refractivity contribution in [2.24, 2.45) is 0 Å². The fourth-order valence-corrected chi connectivity index (χ4v) is 3.30. The highest BCUT2D eigenvalue weighted by molar-refractivity contribution is 7.99. The Labute approximate surface area is 128 Å². The van der Waals surface area contributed by atoms with E-state index in [2.05, 4.69) is 15.4 Å². The van der Waals surface area contributed by atoms with E-state index >= 15 is 0 Å². The van der Waals surface area contributed by atoms with Gasteiger partial charge in [0.05, 0.1) is 13.5 Å². The molecule has 3 N–H and O–H groups in total. The molecule has 0 radical (unpaired) electrons. The summed E-state index contributed by atoms with van der Waals surface area (Å²) in [5, 5.41) is 14.5. The van der Waals surface area contributed by atoms with E-state index in [-0.39, 0.29) is 6.04 Å². The molecule has 2 amide bonds. The van der Waals surface area contributed by atoms with Crippen LogP contribution in [0.5, 0.6) is 0 Å². The van der Waals surface area contributed by atoms with Crippen molar-refractivity contribution < 1.29 is 24.2 Å². The van der Waals surface area contributed by atoms with Crippen molar-refractivity contribution in [3.05, 3.63) is 0 Å². The smallest absolute Gasteiger partial charge is 0.326 e. The van der Waals surface area contributed by atoms with E-state index in [1.54, 1.807) is 11.8 Å². The molecular weight excluding hydrogens is 296 g/mol. The minimum Gasteiger partial charge on any atom is -0.480 e. The molecule has 0 aromatic carbocycles. The first kappa shape index (κ1) is 17.6. The fraction of sp³-hybridized carbons (Fsp3) is 0.769. The molecule has 0 aliphatic heterocycles. The van der Waals surface area contributed by atoms with Crippen LogP contribution >= 0.6 is 11.8 Å². The average Bonchev–Trinajstić information content (AvgIpc) is 2.46. The van der Waals surface area contributed by atoms with Gasteiger partial charge in [0.25, 0.3) is 0 Å². The summed E-state index contributed by atoms with van der Waals surface area (Å²) >= 11 is 1.70. The van der Waals surface area contributed by atoms with Crippen molar-refractivity contribution in [3.8, 4) is 0 Å². The Hall–Kier alpha value is -1.44. The number of ether oxygens (including phenoxy) is 1. The van der Waals surface area contributed by atoms with Gasteiger partial charge in [-0.1, -0.05) is 12.8 Å². The number of rotatable bonds is 6. The van der Waals surface area contributed by atoms with E-state index < -0.39 is 30.4 Å². The topological polar surface area (TPSA) is 105 Å². The third-order valence-electron chi connectivity index (χ3n) is 3.52. The summed E-state index contributed by atoms with van der Waals surface area (Å²) in [6.45, 7) is 0. The second-order valence-corrected chi connectivity index (χ2v) is 6.03. The van der Waals surface area contributed by atoms with E-state index in [0.29, 0.717) is 5.25 Å². The van der Waals surface area contributed by atoms with Gasteiger partial charge in [0, 0.05) is 11.3 Å². The van der Waals surface area contributed by atoms with Crippen molar-refractivity contribution in [3.63, 3.8) is 0 Å². The first-order chi connectivity index (χ1) is 9.97. The summed E-state index contributed by atoms with van der Waals surface area (Å²) in [6, 6.07) is -1.81. The van der Waals surface area contributed by atoms with Gasteiger partial charge in [0.2, 0.25) is 0 Å². The van der Waals surface area contributed by atoms with Gasteiger partial charge in [-0.25, -0.2) is 9.59 Å². The van der Waals surface area contributed by atoms with Crippen molar-refractivity contribution in [1.82, 2.24) is 10.6 Å². The second kappa shape index (κ2) is 8.76. The lowest BCUT2D eigenvalue weighted by atomic mass is 9.95. The first-order valence-electron chi connectivity index (χ1n) is 6.87. The Kier molecular flexibility index (Phi) is 7.35. The summed E-state index contributed by atoms with van der Waals surface area (Å²) in [4.78, 5) is 34.1. The summed E-state index contributed by atoms with van der Waals surface area (Å²) < 4.78 is 4.42. The van der Waals surface area contributed by atoms with Crippen LogP contribution in [-0.4, -0.2) is 53.8 Å². The highest BCUT2D eigenvalue weighted by Gasteiger charge is 2.28. The van der Waals surface area contributed by atoms with E-state index in [0.717, 1.165) is 25.7 Å².